The Morgan fingerprint density at radius 1 is 1.10 bits per heavy atom. The molecule has 9 nitrogen and oxygen atoms in total. The molecule has 0 radical (unpaired) electrons. The molecule has 10 heteroatoms. The van der Waals surface area contributed by atoms with E-state index >= 15 is 0 Å². The molecule has 1 N–H and O–H groups in total. The van der Waals surface area contributed by atoms with Crippen LogP contribution in [0.25, 0.3) is 5.69 Å². The SMILES string of the molecule is O=C(NC1CCCCCC1)c1cc([N+](=O)[O-])ccc1Sc1nnnn1-c1ccccc1. The first kappa shape index (κ1) is 21.0. The smallest absolute Gasteiger partial charge is 0.270 e. The Bertz CT molecular complexity index is 1060. The summed E-state index contributed by atoms with van der Waals surface area (Å²) in [4.78, 5) is 24.5. The van der Waals surface area contributed by atoms with E-state index in [0.29, 0.717) is 10.1 Å². The number of nitro benzene ring substituents is 1. The minimum atomic E-state index is -0.495. The van der Waals surface area contributed by atoms with Crippen LogP contribution < -0.4 is 5.32 Å². The molecule has 1 saturated carbocycles. The Morgan fingerprint density at radius 2 is 1.84 bits per heavy atom. The summed E-state index contributed by atoms with van der Waals surface area (Å²) in [5.41, 5.74) is 0.908. The van der Waals surface area contributed by atoms with Crippen LogP contribution in [0.3, 0.4) is 0 Å². The van der Waals surface area contributed by atoms with Crippen LogP contribution in [-0.2, 0) is 0 Å². The number of hydrogen-bond acceptors (Lipinski definition) is 7. The fraction of sp³-hybridized carbons (Fsp3) is 0.333. The fourth-order valence-corrected chi connectivity index (χ4v) is 4.56. The first-order chi connectivity index (χ1) is 15.1. The fourth-order valence-electron chi connectivity index (χ4n) is 3.66. The van der Waals surface area contributed by atoms with Gasteiger partial charge in [-0.1, -0.05) is 43.9 Å². The zero-order chi connectivity index (χ0) is 21.6. The summed E-state index contributed by atoms with van der Waals surface area (Å²) in [6.07, 6.45) is 6.35. The molecule has 0 bridgehead atoms. The quantitative estimate of drug-likeness (QED) is 0.349. The second-order valence-electron chi connectivity index (χ2n) is 7.41. The molecule has 0 spiro atoms. The maximum absolute atomic E-state index is 13.1. The number of benzene rings is 2. The number of rotatable bonds is 6. The third-order valence-electron chi connectivity index (χ3n) is 5.25. The Labute approximate surface area is 183 Å². The average molecular weight is 439 g/mol. The lowest BCUT2D eigenvalue weighted by Gasteiger charge is -2.17. The number of hydrogen-bond donors (Lipinski definition) is 1. The molecule has 4 rings (SSSR count). The molecule has 31 heavy (non-hydrogen) atoms. The number of carbonyl (C=O) groups excluding carboxylic acids is 1. The molecule has 1 aromatic heterocycles. The Hall–Kier alpha value is -3.27. The Morgan fingerprint density at radius 3 is 2.55 bits per heavy atom. The second-order valence-corrected chi connectivity index (χ2v) is 8.42. The van der Waals surface area contributed by atoms with Gasteiger partial charge in [0.25, 0.3) is 11.6 Å². The van der Waals surface area contributed by atoms with E-state index in [-0.39, 0.29) is 23.2 Å². The highest BCUT2D eigenvalue weighted by Gasteiger charge is 2.22. The predicted molar refractivity (Wildman–Crippen MR) is 115 cm³/mol. The first-order valence-corrected chi connectivity index (χ1v) is 11.0. The van der Waals surface area contributed by atoms with Crippen LogP contribution in [0.4, 0.5) is 5.69 Å². The van der Waals surface area contributed by atoms with Gasteiger partial charge in [0, 0.05) is 23.1 Å². The highest BCUT2D eigenvalue weighted by atomic mass is 32.2. The van der Waals surface area contributed by atoms with Crippen LogP contribution in [0.1, 0.15) is 48.9 Å². The van der Waals surface area contributed by atoms with Crippen molar-refractivity contribution in [3.8, 4) is 5.69 Å². The number of nitrogens with zero attached hydrogens (tertiary/aromatic N) is 5. The minimum absolute atomic E-state index is 0.0850. The molecule has 1 amide bonds. The predicted octanol–water partition coefficient (Wildman–Crippen LogP) is 4.17. The van der Waals surface area contributed by atoms with Gasteiger partial charge in [0.2, 0.25) is 5.16 Å². The van der Waals surface area contributed by atoms with Crippen molar-refractivity contribution < 1.29 is 9.72 Å². The van der Waals surface area contributed by atoms with Gasteiger partial charge >= 0.3 is 0 Å². The van der Waals surface area contributed by atoms with Crippen LogP contribution in [0.2, 0.25) is 0 Å². The molecule has 1 aliphatic rings. The molecule has 0 aliphatic heterocycles. The minimum Gasteiger partial charge on any atom is -0.349 e. The number of para-hydroxylation sites is 1. The third-order valence-corrected chi connectivity index (χ3v) is 6.26. The third kappa shape index (κ3) is 5.08. The molecule has 1 aliphatic carbocycles. The van der Waals surface area contributed by atoms with Crippen LogP contribution in [0.15, 0.2) is 58.6 Å². The topological polar surface area (TPSA) is 116 Å². The number of amides is 1. The molecular formula is C21H22N6O3S. The number of nitrogens with one attached hydrogen (secondary N) is 1. The summed E-state index contributed by atoms with van der Waals surface area (Å²) in [5, 5.41) is 26.7. The van der Waals surface area contributed by atoms with Crippen molar-refractivity contribution >= 4 is 23.4 Å². The lowest BCUT2D eigenvalue weighted by molar-refractivity contribution is -0.384. The largest absolute Gasteiger partial charge is 0.349 e. The van der Waals surface area contributed by atoms with Crippen molar-refractivity contribution in [1.82, 2.24) is 25.5 Å². The Kier molecular flexibility index (Phi) is 6.56. The summed E-state index contributed by atoms with van der Waals surface area (Å²) >= 11 is 1.20. The zero-order valence-electron chi connectivity index (χ0n) is 16.8. The molecule has 0 unspecified atom stereocenters. The van der Waals surface area contributed by atoms with E-state index in [1.54, 1.807) is 10.7 Å². The van der Waals surface area contributed by atoms with Crippen LogP contribution >= 0.6 is 11.8 Å². The standard InChI is InChI=1S/C21H22N6O3S/c28-20(22-15-8-4-1-2-5-9-15)18-14-17(27(29)30)12-13-19(18)31-21-23-24-25-26(21)16-10-6-3-7-11-16/h3,6-7,10-15H,1-2,4-5,8-9H2,(H,22,28). The molecule has 1 heterocycles. The molecule has 160 valence electrons. The number of aromatic nitrogens is 4. The number of nitro groups is 1. The van der Waals surface area contributed by atoms with Gasteiger partial charge in [-0.05, 0) is 53.2 Å². The van der Waals surface area contributed by atoms with Gasteiger partial charge in [0.05, 0.1) is 16.2 Å². The zero-order valence-corrected chi connectivity index (χ0v) is 17.6. The molecule has 3 aromatic rings. The maximum atomic E-state index is 13.1. The van der Waals surface area contributed by atoms with Crippen LogP contribution in [0, 0.1) is 10.1 Å². The molecular weight excluding hydrogens is 416 g/mol. The first-order valence-electron chi connectivity index (χ1n) is 10.2. The lowest BCUT2D eigenvalue weighted by Crippen LogP contribution is -2.34. The van der Waals surface area contributed by atoms with Crippen LogP contribution in [0.5, 0.6) is 0 Å². The summed E-state index contributed by atoms with van der Waals surface area (Å²) in [6, 6.07) is 13.8. The molecule has 0 saturated heterocycles. The Balaban J connectivity index is 1.63. The second kappa shape index (κ2) is 9.69. The van der Waals surface area contributed by atoms with Crippen molar-refractivity contribution in [3.63, 3.8) is 0 Å². The van der Waals surface area contributed by atoms with Crippen LogP contribution in [-0.4, -0.2) is 37.1 Å². The van der Waals surface area contributed by atoms with E-state index in [9.17, 15) is 14.9 Å². The van der Waals surface area contributed by atoms with E-state index < -0.39 is 4.92 Å². The molecule has 2 aromatic carbocycles. The monoisotopic (exact) mass is 438 g/mol. The maximum Gasteiger partial charge on any atom is 0.270 e. The van der Waals surface area contributed by atoms with Gasteiger partial charge in [-0.3, -0.25) is 14.9 Å². The lowest BCUT2D eigenvalue weighted by atomic mass is 10.1. The summed E-state index contributed by atoms with van der Waals surface area (Å²) < 4.78 is 1.57. The van der Waals surface area contributed by atoms with Crippen molar-refractivity contribution in [2.75, 3.05) is 0 Å². The van der Waals surface area contributed by atoms with Gasteiger partial charge in [-0.15, -0.1) is 5.10 Å². The van der Waals surface area contributed by atoms with Gasteiger partial charge < -0.3 is 5.32 Å². The highest BCUT2D eigenvalue weighted by Crippen LogP contribution is 2.32. The summed E-state index contributed by atoms with van der Waals surface area (Å²) in [7, 11) is 0. The van der Waals surface area contributed by atoms with Gasteiger partial charge in [-0.25, -0.2) is 0 Å². The van der Waals surface area contributed by atoms with E-state index in [4.69, 9.17) is 0 Å². The van der Waals surface area contributed by atoms with Crippen molar-refractivity contribution in [2.45, 2.75) is 54.6 Å². The number of non-ortho nitro benzene ring substituents is 1. The van der Waals surface area contributed by atoms with Gasteiger partial charge in [0.15, 0.2) is 0 Å². The van der Waals surface area contributed by atoms with Crippen molar-refractivity contribution in [3.05, 3.63) is 64.2 Å². The van der Waals surface area contributed by atoms with Gasteiger partial charge in [-0.2, -0.15) is 4.68 Å². The summed E-state index contributed by atoms with van der Waals surface area (Å²) in [5.74, 6) is -0.308. The number of tetrazole rings is 1. The van der Waals surface area contributed by atoms with E-state index in [0.717, 1.165) is 31.4 Å². The number of carbonyl (C=O) groups is 1. The molecule has 0 atom stereocenters. The van der Waals surface area contributed by atoms with Crippen molar-refractivity contribution in [1.29, 1.82) is 0 Å². The molecule has 1 fully saturated rings. The van der Waals surface area contributed by atoms with Crippen molar-refractivity contribution in [2.24, 2.45) is 0 Å². The summed E-state index contributed by atoms with van der Waals surface area (Å²) in [6.45, 7) is 0. The van der Waals surface area contributed by atoms with Gasteiger partial charge in [0.1, 0.15) is 0 Å². The highest BCUT2D eigenvalue weighted by molar-refractivity contribution is 7.99. The average Bonchev–Trinajstić information content (AvgIpc) is 3.09. The van der Waals surface area contributed by atoms with E-state index in [1.165, 1.54) is 36.7 Å². The van der Waals surface area contributed by atoms with E-state index in [1.807, 2.05) is 30.3 Å². The normalized spacial score (nSPS) is 14.7. The van der Waals surface area contributed by atoms with E-state index in [2.05, 4.69) is 20.8 Å².